The number of rotatable bonds is 7. The maximum atomic E-state index is 14.2. The highest BCUT2D eigenvalue weighted by Gasteiger charge is 2.21. The molecule has 2 aromatic rings. The van der Waals surface area contributed by atoms with Gasteiger partial charge in [0.25, 0.3) is 0 Å². The quantitative estimate of drug-likeness (QED) is 0.529. The standard InChI is InChI=1S/C21H26F3N5O/c1-2-25-21(27-14-16-17(22)6-5-7-18(16)30-20(23)24)28-15-9-12-29(13-10-15)19-8-3-4-11-26-19/h3-8,11,15,20H,2,9-10,12-14H2,1H3,(H2,25,27,28). The summed E-state index contributed by atoms with van der Waals surface area (Å²) in [5, 5.41) is 6.48. The van der Waals surface area contributed by atoms with Gasteiger partial charge in [0.15, 0.2) is 5.96 Å². The van der Waals surface area contributed by atoms with Crippen LogP contribution in [0.2, 0.25) is 0 Å². The van der Waals surface area contributed by atoms with Gasteiger partial charge in [0, 0.05) is 31.9 Å². The number of piperidine rings is 1. The normalized spacial score (nSPS) is 15.4. The highest BCUT2D eigenvalue weighted by molar-refractivity contribution is 5.80. The van der Waals surface area contributed by atoms with Crippen LogP contribution in [0.5, 0.6) is 5.75 Å². The molecule has 0 bridgehead atoms. The van der Waals surface area contributed by atoms with Crippen molar-refractivity contribution in [2.45, 2.75) is 39.0 Å². The van der Waals surface area contributed by atoms with E-state index in [9.17, 15) is 13.2 Å². The third-order valence-electron chi connectivity index (χ3n) is 4.84. The van der Waals surface area contributed by atoms with E-state index >= 15 is 0 Å². The minimum atomic E-state index is -3.02. The summed E-state index contributed by atoms with van der Waals surface area (Å²) in [6.07, 6.45) is 3.56. The van der Waals surface area contributed by atoms with Crippen LogP contribution in [0.3, 0.4) is 0 Å². The van der Waals surface area contributed by atoms with Gasteiger partial charge in [-0.25, -0.2) is 14.4 Å². The first-order valence-electron chi connectivity index (χ1n) is 10.00. The molecule has 1 aromatic carbocycles. The van der Waals surface area contributed by atoms with Crippen LogP contribution in [0.25, 0.3) is 0 Å². The largest absolute Gasteiger partial charge is 0.434 e. The molecule has 3 rings (SSSR count). The van der Waals surface area contributed by atoms with Crippen molar-refractivity contribution in [2.75, 3.05) is 24.5 Å². The molecule has 0 spiro atoms. The minimum Gasteiger partial charge on any atom is -0.434 e. The Balaban J connectivity index is 1.62. The van der Waals surface area contributed by atoms with Gasteiger partial charge >= 0.3 is 6.61 Å². The van der Waals surface area contributed by atoms with Gasteiger partial charge in [0.05, 0.1) is 12.1 Å². The number of benzene rings is 1. The molecule has 0 radical (unpaired) electrons. The highest BCUT2D eigenvalue weighted by Crippen LogP contribution is 2.24. The molecule has 2 heterocycles. The van der Waals surface area contributed by atoms with E-state index < -0.39 is 12.4 Å². The number of nitrogens with zero attached hydrogens (tertiary/aromatic N) is 3. The minimum absolute atomic E-state index is 0.0000238. The molecular formula is C21H26F3N5O. The van der Waals surface area contributed by atoms with Gasteiger partial charge in [-0.3, -0.25) is 0 Å². The second-order valence-electron chi connectivity index (χ2n) is 6.88. The van der Waals surface area contributed by atoms with E-state index in [1.807, 2.05) is 25.1 Å². The Hall–Kier alpha value is -2.97. The van der Waals surface area contributed by atoms with Gasteiger partial charge in [-0.2, -0.15) is 8.78 Å². The van der Waals surface area contributed by atoms with E-state index in [1.165, 1.54) is 18.2 Å². The van der Waals surface area contributed by atoms with Crippen molar-refractivity contribution in [3.63, 3.8) is 0 Å². The van der Waals surface area contributed by atoms with Crippen LogP contribution in [0, 0.1) is 5.82 Å². The molecule has 162 valence electrons. The van der Waals surface area contributed by atoms with Crippen LogP contribution < -0.4 is 20.3 Å². The molecule has 9 heteroatoms. The third-order valence-corrected chi connectivity index (χ3v) is 4.84. The number of anilines is 1. The summed E-state index contributed by atoms with van der Waals surface area (Å²) in [7, 11) is 0. The van der Waals surface area contributed by atoms with Crippen LogP contribution >= 0.6 is 0 Å². The fraction of sp³-hybridized carbons (Fsp3) is 0.429. The predicted molar refractivity (Wildman–Crippen MR) is 110 cm³/mol. The second-order valence-corrected chi connectivity index (χ2v) is 6.88. The molecule has 0 unspecified atom stereocenters. The van der Waals surface area contributed by atoms with Crippen molar-refractivity contribution in [2.24, 2.45) is 4.99 Å². The van der Waals surface area contributed by atoms with Crippen LogP contribution in [-0.2, 0) is 6.54 Å². The monoisotopic (exact) mass is 421 g/mol. The molecule has 1 aromatic heterocycles. The van der Waals surface area contributed by atoms with E-state index in [-0.39, 0.29) is 23.9 Å². The highest BCUT2D eigenvalue weighted by atomic mass is 19.3. The van der Waals surface area contributed by atoms with Gasteiger partial charge < -0.3 is 20.3 Å². The molecule has 1 fully saturated rings. The van der Waals surface area contributed by atoms with Gasteiger partial charge in [-0.05, 0) is 44.0 Å². The summed E-state index contributed by atoms with van der Waals surface area (Å²) in [5.74, 6) is 0.646. The lowest BCUT2D eigenvalue weighted by atomic mass is 10.1. The zero-order valence-electron chi connectivity index (χ0n) is 16.8. The fourth-order valence-corrected chi connectivity index (χ4v) is 3.36. The molecule has 6 nitrogen and oxygen atoms in total. The molecule has 0 aliphatic carbocycles. The first kappa shape index (κ1) is 21.7. The Kier molecular flexibility index (Phi) is 7.75. The molecule has 1 aliphatic heterocycles. The Labute approximate surface area is 174 Å². The number of ether oxygens (including phenoxy) is 1. The molecule has 0 saturated carbocycles. The number of hydrogen-bond donors (Lipinski definition) is 2. The molecule has 2 N–H and O–H groups in total. The Morgan fingerprint density at radius 3 is 2.70 bits per heavy atom. The summed E-state index contributed by atoms with van der Waals surface area (Å²) >= 11 is 0. The number of alkyl halides is 2. The predicted octanol–water partition coefficient (Wildman–Crippen LogP) is 3.55. The van der Waals surface area contributed by atoms with Gasteiger partial charge in [0.2, 0.25) is 0 Å². The average molecular weight is 421 g/mol. The Bertz CT molecular complexity index is 827. The van der Waals surface area contributed by atoms with E-state index in [4.69, 9.17) is 0 Å². The van der Waals surface area contributed by atoms with E-state index in [0.717, 1.165) is 31.7 Å². The molecule has 1 aliphatic rings. The molecule has 0 amide bonds. The smallest absolute Gasteiger partial charge is 0.387 e. The molecule has 1 saturated heterocycles. The lowest BCUT2D eigenvalue weighted by Gasteiger charge is -2.33. The Morgan fingerprint density at radius 1 is 1.23 bits per heavy atom. The lowest BCUT2D eigenvalue weighted by molar-refractivity contribution is -0.0506. The summed E-state index contributed by atoms with van der Waals surface area (Å²) < 4.78 is 43.8. The summed E-state index contributed by atoms with van der Waals surface area (Å²) in [6, 6.07) is 9.90. The Morgan fingerprint density at radius 2 is 2.03 bits per heavy atom. The number of pyridine rings is 1. The maximum Gasteiger partial charge on any atom is 0.387 e. The first-order valence-corrected chi connectivity index (χ1v) is 10.00. The number of aromatic nitrogens is 1. The number of guanidine groups is 1. The van der Waals surface area contributed by atoms with E-state index in [2.05, 4.69) is 30.2 Å². The molecular weight excluding hydrogens is 395 g/mol. The zero-order chi connectivity index (χ0) is 21.3. The fourth-order valence-electron chi connectivity index (χ4n) is 3.36. The van der Waals surface area contributed by atoms with Crippen LogP contribution in [0.1, 0.15) is 25.3 Å². The van der Waals surface area contributed by atoms with E-state index in [0.29, 0.717) is 12.5 Å². The topological polar surface area (TPSA) is 61.8 Å². The van der Waals surface area contributed by atoms with Crippen molar-refractivity contribution in [3.05, 3.63) is 54.0 Å². The molecule has 0 atom stereocenters. The van der Waals surface area contributed by atoms with Crippen LogP contribution in [0.15, 0.2) is 47.6 Å². The van der Waals surface area contributed by atoms with Crippen molar-refractivity contribution in [1.82, 2.24) is 15.6 Å². The van der Waals surface area contributed by atoms with Crippen molar-refractivity contribution >= 4 is 11.8 Å². The summed E-state index contributed by atoms with van der Waals surface area (Å²) in [4.78, 5) is 11.0. The van der Waals surface area contributed by atoms with Crippen LogP contribution in [0.4, 0.5) is 19.0 Å². The van der Waals surface area contributed by atoms with Gasteiger partial charge in [-0.1, -0.05) is 12.1 Å². The van der Waals surface area contributed by atoms with E-state index in [1.54, 1.807) is 6.20 Å². The number of nitrogens with one attached hydrogen (secondary N) is 2. The lowest BCUT2D eigenvalue weighted by Crippen LogP contribution is -2.48. The SMILES string of the molecule is CCNC(=NCc1c(F)cccc1OC(F)F)NC1CCN(c2ccccn2)CC1. The zero-order valence-corrected chi connectivity index (χ0v) is 16.8. The second kappa shape index (κ2) is 10.7. The summed E-state index contributed by atoms with van der Waals surface area (Å²) in [6.45, 7) is 1.12. The van der Waals surface area contributed by atoms with Gasteiger partial charge in [0.1, 0.15) is 17.4 Å². The number of aliphatic imine (C=N–C) groups is 1. The molecule has 30 heavy (non-hydrogen) atoms. The van der Waals surface area contributed by atoms with Crippen molar-refractivity contribution in [3.8, 4) is 5.75 Å². The van der Waals surface area contributed by atoms with Gasteiger partial charge in [-0.15, -0.1) is 0 Å². The number of hydrogen-bond acceptors (Lipinski definition) is 4. The number of halogens is 3. The van der Waals surface area contributed by atoms with Crippen LogP contribution in [-0.4, -0.2) is 43.2 Å². The average Bonchev–Trinajstić information content (AvgIpc) is 2.74. The van der Waals surface area contributed by atoms with Crippen molar-refractivity contribution in [1.29, 1.82) is 0 Å². The maximum absolute atomic E-state index is 14.2. The van der Waals surface area contributed by atoms with Crippen molar-refractivity contribution < 1.29 is 17.9 Å². The third kappa shape index (κ3) is 6.01. The first-order chi connectivity index (χ1) is 14.6. The summed E-state index contributed by atoms with van der Waals surface area (Å²) in [5.41, 5.74) is -0.0000238.